The maximum atomic E-state index is 13.1. The molecular formula is C15H11F2NO. The Morgan fingerprint density at radius 2 is 1.79 bits per heavy atom. The molecule has 96 valence electrons. The lowest BCUT2D eigenvalue weighted by Gasteiger charge is -2.10. The minimum Gasteiger partial charge on any atom is -0.374 e. The van der Waals surface area contributed by atoms with Crippen molar-refractivity contribution in [1.29, 1.82) is 0 Å². The molecule has 0 fully saturated rings. The third-order valence-corrected chi connectivity index (χ3v) is 3.23. The van der Waals surface area contributed by atoms with Crippen molar-refractivity contribution in [2.75, 3.05) is 5.32 Å². The number of Topliss-reactive ketones (excluding diaryl/α,β-unsaturated/α-hetero) is 1. The predicted octanol–water partition coefficient (Wildman–Crippen LogP) is 3.18. The van der Waals surface area contributed by atoms with Gasteiger partial charge in [-0.05, 0) is 23.8 Å². The van der Waals surface area contributed by atoms with Gasteiger partial charge in [-0.25, -0.2) is 8.78 Å². The average Bonchev–Trinajstić information content (AvgIpc) is 2.80. The molecule has 2 aromatic rings. The van der Waals surface area contributed by atoms with Crippen LogP contribution in [0.25, 0.3) is 0 Å². The van der Waals surface area contributed by atoms with Crippen LogP contribution in [0.1, 0.15) is 15.9 Å². The number of nitrogens with one attached hydrogen (secondary N) is 1. The number of carbonyl (C=O) groups is 1. The molecule has 0 aromatic heterocycles. The van der Waals surface area contributed by atoms with E-state index in [0.717, 1.165) is 29.4 Å². The summed E-state index contributed by atoms with van der Waals surface area (Å²) in [6.45, 7) is 0. The van der Waals surface area contributed by atoms with Crippen molar-refractivity contribution in [1.82, 2.24) is 0 Å². The van der Waals surface area contributed by atoms with E-state index < -0.39 is 17.7 Å². The number of carbonyl (C=O) groups excluding carboxylic acids is 1. The van der Waals surface area contributed by atoms with Gasteiger partial charge in [0.15, 0.2) is 5.78 Å². The van der Waals surface area contributed by atoms with Crippen molar-refractivity contribution in [3.63, 3.8) is 0 Å². The third-order valence-electron chi connectivity index (χ3n) is 3.23. The Labute approximate surface area is 109 Å². The molecule has 2 aromatic carbocycles. The second kappa shape index (κ2) is 4.46. The number of ketones is 1. The molecule has 1 unspecified atom stereocenters. The molecule has 0 spiro atoms. The van der Waals surface area contributed by atoms with Gasteiger partial charge in [-0.15, -0.1) is 0 Å². The van der Waals surface area contributed by atoms with Crippen LogP contribution >= 0.6 is 0 Å². The van der Waals surface area contributed by atoms with Crippen LogP contribution in [0, 0.1) is 11.6 Å². The quantitative estimate of drug-likeness (QED) is 0.839. The third kappa shape index (κ3) is 2.21. The molecule has 1 aliphatic rings. The van der Waals surface area contributed by atoms with Crippen LogP contribution in [-0.4, -0.2) is 11.8 Å². The molecule has 3 rings (SSSR count). The fraction of sp³-hybridized carbons (Fsp3) is 0.133. The first kappa shape index (κ1) is 11.8. The SMILES string of the molecule is O=C(c1cc(F)cc(F)c1)C1Cc2ccccc2N1. The number of para-hydroxylation sites is 1. The molecule has 0 aliphatic carbocycles. The lowest BCUT2D eigenvalue weighted by molar-refractivity contribution is 0.0971. The summed E-state index contributed by atoms with van der Waals surface area (Å²) in [5.41, 5.74) is 2.00. The molecule has 2 nitrogen and oxygen atoms in total. The van der Waals surface area contributed by atoms with Crippen LogP contribution in [0.5, 0.6) is 0 Å². The average molecular weight is 259 g/mol. The second-order valence-corrected chi connectivity index (χ2v) is 4.58. The van der Waals surface area contributed by atoms with E-state index in [1.807, 2.05) is 24.3 Å². The first-order valence-corrected chi connectivity index (χ1v) is 5.98. The van der Waals surface area contributed by atoms with Gasteiger partial charge in [-0.1, -0.05) is 18.2 Å². The summed E-state index contributed by atoms with van der Waals surface area (Å²) in [7, 11) is 0. The Morgan fingerprint density at radius 3 is 2.47 bits per heavy atom. The first-order chi connectivity index (χ1) is 9.13. The Morgan fingerprint density at radius 1 is 1.11 bits per heavy atom. The van der Waals surface area contributed by atoms with E-state index in [4.69, 9.17) is 0 Å². The zero-order valence-electron chi connectivity index (χ0n) is 9.99. The Bertz CT molecular complexity index is 609. The van der Waals surface area contributed by atoms with E-state index in [2.05, 4.69) is 5.32 Å². The van der Waals surface area contributed by atoms with Crippen molar-refractivity contribution in [2.45, 2.75) is 12.5 Å². The molecule has 1 N–H and O–H groups in total. The Hall–Kier alpha value is -2.23. The van der Waals surface area contributed by atoms with Crippen molar-refractivity contribution < 1.29 is 13.6 Å². The minimum atomic E-state index is -0.737. The smallest absolute Gasteiger partial charge is 0.185 e. The summed E-state index contributed by atoms with van der Waals surface area (Å²) >= 11 is 0. The second-order valence-electron chi connectivity index (χ2n) is 4.58. The summed E-state index contributed by atoms with van der Waals surface area (Å²) < 4.78 is 26.3. The molecule has 1 heterocycles. The van der Waals surface area contributed by atoms with E-state index in [9.17, 15) is 13.6 Å². The highest BCUT2D eigenvalue weighted by atomic mass is 19.1. The maximum Gasteiger partial charge on any atom is 0.185 e. The topological polar surface area (TPSA) is 29.1 Å². The van der Waals surface area contributed by atoms with E-state index >= 15 is 0 Å². The van der Waals surface area contributed by atoms with Gasteiger partial charge in [-0.2, -0.15) is 0 Å². The van der Waals surface area contributed by atoms with Crippen LogP contribution in [0.2, 0.25) is 0 Å². The molecule has 0 radical (unpaired) electrons. The molecule has 0 saturated heterocycles. The fourth-order valence-electron chi connectivity index (χ4n) is 2.35. The molecule has 19 heavy (non-hydrogen) atoms. The van der Waals surface area contributed by atoms with Gasteiger partial charge in [0, 0.05) is 23.7 Å². The summed E-state index contributed by atoms with van der Waals surface area (Å²) in [6.07, 6.45) is 0.535. The Balaban J connectivity index is 1.87. The summed E-state index contributed by atoms with van der Waals surface area (Å²) in [6, 6.07) is 10.0. The number of hydrogen-bond acceptors (Lipinski definition) is 2. The zero-order valence-corrected chi connectivity index (χ0v) is 9.99. The van der Waals surface area contributed by atoms with Crippen LogP contribution in [-0.2, 0) is 6.42 Å². The highest BCUT2D eigenvalue weighted by Gasteiger charge is 2.27. The molecule has 0 saturated carbocycles. The summed E-state index contributed by atoms with van der Waals surface area (Å²) in [5.74, 6) is -1.77. The van der Waals surface area contributed by atoms with Crippen LogP contribution < -0.4 is 5.32 Å². The lowest BCUT2D eigenvalue weighted by Crippen LogP contribution is -2.27. The largest absolute Gasteiger partial charge is 0.374 e. The van der Waals surface area contributed by atoms with E-state index in [-0.39, 0.29) is 11.3 Å². The van der Waals surface area contributed by atoms with Gasteiger partial charge < -0.3 is 5.32 Å². The number of halogens is 2. The van der Waals surface area contributed by atoms with Gasteiger partial charge in [0.05, 0.1) is 6.04 Å². The lowest BCUT2D eigenvalue weighted by atomic mass is 10.0. The highest BCUT2D eigenvalue weighted by molar-refractivity contribution is 6.02. The predicted molar refractivity (Wildman–Crippen MR) is 68.2 cm³/mol. The van der Waals surface area contributed by atoms with Gasteiger partial charge in [0.25, 0.3) is 0 Å². The number of hydrogen-bond donors (Lipinski definition) is 1. The normalized spacial score (nSPS) is 16.8. The fourth-order valence-corrected chi connectivity index (χ4v) is 2.35. The molecular weight excluding hydrogens is 248 g/mol. The van der Waals surface area contributed by atoms with E-state index in [1.54, 1.807) is 0 Å². The first-order valence-electron chi connectivity index (χ1n) is 5.98. The van der Waals surface area contributed by atoms with Crippen molar-refractivity contribution in [3.05, 3.63) is 65.2 Å². The molecule has 1 atom stereocenters. The summed E-state index contributed by atoms with van der Waals surface area (Å²) in [4.78, 5) is 12.2. The maximum absolute atomic E-state index is 13.1. The van der Waals surface area contributed by atoms with Crippen LogP contribution in [0.15, 0.2) is 42.5 Å². The van der Waals surface area contributed by atoms with Crippen LogP contribution in [0.3, 0.4) is 0 Å². The van der Waals surface area contributed by atoms with Gasteiger partial charge in [0.2, 0.25) is 0 Å². The minimum absolute atomic E-state index is 0.0582. The standard InChI is InChI=1S/C15H11F2NO/c16-11-5-10(6-12(17)8-11)15(19)14-7-9-3-1-2-4-13(9)18-14/h1-6,8,14,18H,7H2. The Kier molecular flexibility index (Phi) is 2.78. The molecule has 0 bridgehead atoms. The molecule has 4 heteroatoms. The van der Waals surface area contributed by atoms with Crippen LogP contribution in [0.4, 0.5) is 14.5 Å². The monoisotopic (exact) mass is 259 g/mol. The number of fused-ring (bicyclic) bond motifs is 1. The number of benzene rings is 2. The molecule has 0 amide bonds. The van der Waals surface area contributed by atoms with Gasteiger partial charge >= 0.3 is 0 Å². The zero-order chi connectivity index (χ0) is 13.4. The summed E-state index contributed by atoms with van der Waals surface area (Å²) in [5, 5.41) is 3.08. The van der Waals surface area contributed by atoms with E-state index in [1.165, 1.54) is 0 Å². The number of rotatable bonds is 2. The van der Waals surface area contributed by atoms with Gasteiger partial charge in [0.1, 0.15) is 11.6 Å². The van der Waals surface area contributed by atoms with Gasteiger partial charge in [-0.3, -0.25) is 4.79 Å². The number of anilines is 1. The molecule has 1 aliphatic heterocycles. The van der Waals surface area contributed by atoms with Crippen molar-refractivity contribution in [2.24, 2.45) is 0 Å². The highest BCUT2D eigenvalue weighted by Crippen LogP contribution is 2.27. The van der Waals surface area contributed by atoms with Crippen molar-refractivity contribution >= 4 is 11.5 Å². The van der Waals surface area contributed by atoms with Crippen molar-refractivity contribution in [3.8, 4) is 0 Å². The van der Waals surface area contributed by atoms with E-state index in [0.29, 0.717) is 6.42 Å².